The Bertz CT molecular complexity index is 1850. The molecule has 2 saturated heterocycles. The highest BCUT2D eigenvalue weighted by Crippen LogP contribution is 2.49. The minimum absolute atomic E-state index is 0.0492. The van der Waals surface area contributed by atoms with Gasteiger partial charge in [-0.1, -0.05) is 24.6 Å². The van der Waals surface area contributed by atoms with Gasteiger partial charge in [0.25, 0.3) is 5.91 Å². The van der Waals surface area contributed by atoms with Gasteiger partial charge >= 0.3 is 0 Å². The van der Waals surface area contributed by atoms with Crippen LogP contribution in [0.4, 0.5) is 10.1 Å². The van der Waals surface area contributed by atoms with Crippen LogP contribution < -0.4 is 14.4 Å². The molecule has 2 amide bonds. The molecule has 7 bridgehead atoms. The Morgan fingerprint density at radius 1 is 1.12 bits per heavy atom. The van der Waals surface area contributed by atoms with Gasteiger partial charge in [-0.15, -0.1) is 0 Å². The second-order valence-corrected chi connectivity index (χ2v) is 17.8. The number of likely N-dealkylation sites (N-methyl/N-ethyl adjacent to an activating group) is 1. The van der Waals surface area contributed by atoms with Crippen molar-refractivity contribution in [3.63, 3.8) is 0 Å². The minimum Gasteiger partial charge on any atom is -0.487 e. The lowest BCUT2D eigenvalue weighted by Crippen LogP contribution is -2.59. The third kappa shape index (κ3) is 7.08. The molecule has 2 fully saturated rings. The second-order valence-electron chi connectivity index (χ2n) is 15.4. The van der Waals surface area contributed by atoms with E-state index in [4.69, 9.17) is 21.1 Å². The van der Waals surface area contributed by atoms with Crippen molar-refractivity contribution in [1.29, 1.82) is 0 Å². The van der Waals surface area contributed by atoms with E-state index in [0.717, 1.165) is 55.2 Å². The Balaban J connectivity index is 1.45. The van der Waals surface area contributed by atoms with E-state index in [0.29, 0.717) is 62.1 Å². The number of nitrogens with zero attached hydrogens (tertiary/aromatic N) is 3. The van der Waals surface area contributed by atoms with E-state index >= 15 is 4.39 Å². The van der Waals surface area contributed by atoms with Crippen LogP contribution in [0, 0.1) is 5.92 Å². The number of carbonyl (C=O) groups excluding carboxylic acids is 2. The average Bonchev–Trinajstić information content (AvgIpc) is 3.54. The van der Waals surface area contributed by atoms with Gasteiger partial charge in [-0.2, -0.15) is 0 Å². The molecule has 2 aromatic carbocycles. The van der Waals surface area contributed by atoms with Crippen LogP contribution in [0.5, 0.6) is 5.75 Å². The standard InChI is InChI=1S/C39H50ClFN4O6S/c1-25-11-13-33(41)36(38(47)43(3)22-30-10-5-7-18-50-30)45-17-8-15-39(45)24-44-16-6-4-9-27-19-29(40)21-32(39)31(27)23-51-35-14-12-28(20-34(35)44)37(46)42-52(48,49)26(25)2/h12-14,19-21,25-26,30,36H,4-11,15-18,22-24H2,1-3H3,(H,42,46)/b33-13-/t25-,26+,30?,36+,39-/m0/s1. The first-order valence-electron chi connectivity index (χ1n) is 18.8. The molecule has 5 atom stereocenters. The predicted octanol–water partition coefficient (Wildman–Crippen LogP) is 6.10. The van der Waals surface area contributed by atoms with Gasteiger partial charge in [0, 0.05) is 50.4 Å². The van der Waals surface area contributed by atoms with Crippen LogP contribution in [-0.2, 0) is 38.1 Å². The van der Waals surface area contributed by atoms with Gasteiger partial charge in [0.05, 0.1) is 22.6 Å². The van der Waals surface area contributed by atoms with E-state index in [9.17, 15) is 18.0 Å². The molecular formula is C39H50ClFN4O6S. The number of aryl methyl sites for hydroxylation is 1. The Labute approximate surface area is 311 Å². The van der Waals surface area contributed by atoms with E-state index in [1.54, 1.807) is 37.1 Å². The zero-order valence-electron chi connectivity index (χ0n) is 30.3. The lowest BCUT2D eigenvalue weighted by atomic mass is 9.79. The average molecular weight is 757 g/mol. The molecule has 0 saturated carbocycles. The van der Waals surface area contributed by atoms with Crippen LogP contribution in [0.25, 0.3) is 0 Å². The van der Waals surface area contributed by atoms with Gasteiger partial charge in [-0.05, 0) is 118 Å². The van der Waals surface area contributed by atoms with Crippen LogP contribution in [0.15, 0.2) is 42.2 Å². The Morgan fingerprint density at radius 3 is 2.73 bits per heavy atom. The van der Waals surface area contributed by atoms with Gasteiger partial charge in [0.15, 0.2) is 0 Å². The molecule has 1 spiro atoms. The molecule has 0 aromatic heterocycles. The number of amides is 2. The van der Waals surface area contributed by atoms with Crippen molar-refractivity contribution < 1.29 is 31.9 Å². The summed E-state index contributed by atoms with van der Waals surface area (Å²) in [5.74, 6) is -1.72. The van der Waals surface area contributed by atoms with Gasteiger partial charge in [0.1, 0.15) is 24.2 Å². The molecule has 52 heavy (non-hydrogen) atoms. The Kier molecular flexibility index (Phi) is 10.7. The van der Waals surface area contributed by atoms with E-state index in [-0.39, 0.29) is 30.6 Å². The molecule has 1 unspecified atom stereocenters. The van der Waals surface area contributed by atoms with Crippen LogP contribution in [-0.4, -0.2) is 87.3 Å². The van der Waals surface area contributed by atoms with E-state index < -0.39 is 44.5 Å². The molecule has 0 aliphatic carbocycles. The number of allylic oxidation sites excluding steroid dienone is 1. The molecule has 10 nitrogen and oxygen atoms in total. The highest BCUT2D eigenvalue weighted by molar-refractivity contribution is 7.90. The van der Waals surface area contributed by atoms with Crippen LogP contribution >= 0.6 is 11.6 Å². The normalized spacial score (nSPS) is 30.4. The zero-order valence-corrected chi connectivity index (χ0v) is 31.9. The number of fused-ring (bicyclic) bond motifs is 1. The molecule has 7 rings (SSSR count). The molecule has 282 valence electrons. The second kappa shape index (κ2) is 14.9. The fourth-order valence-corrected chi connectivity index (χ4v) is 10.4. The summed E-state index contributed by atoms with van der Waals surface area (Å²) in [7, 11) is -2.42. The first kappa shape index (κ1) is 37.1. The van der Waals surface area contributed by atoms with Crippen LogP contribution in [0.1, 0.15) is 92.3 Å². The smallest absolute Gasteiger partial charge is 0.264 e. The largest absolute Gasteiger partial charge is 0.487 e. The number of hydrogen-bond acceptors (Lipinski definition) is 8. The van der Waals surface area contributed by atoms with Crippen LogP contribution in [0.2, 0.25) is 5.02 Å². The monoisotopic (exact) mass is 756 g/mol. The third-order valence-electron chi connectivity index (χ3n) is 12.0. The van der Waals surface area contributed by atoms with E-state index in [1.165, 1.54) is 13.0 Å². The molecular weight excluding hydrogens is 707 g/mol. The zero-order chi connectivity index (χ0) is 36.8. The number of ether oxygens (including phenoxy) is 2. The predicted molar refractivity (Wildman–Crippen MR) is 199 cm³/mol. The van der Waals surface area contributed by atoms with Gasteiger partial charge in [-0.3, -0.25) is 14.5 Å². The molecule has 2 aromatic rings. The van der Waals surface area contributed by atoms with Crippen LogP contribution in [0.3, 0.4) is 0 Å². The van der Waals surface area contributed by atoms with E-state index in [2.05, 4.69) is 9.62 Å². The van der Waals surface area contributed by atoms with Crippen molar-refractivity contribution >= 4 is 39.1 Å². The maximum atomic E-state index is 17.3. The molecule has 13 heteroatoms. The van der Waals surface area contributed by atoms with Crippen molar-refractivity contribution in [2.45, 2.75) is 101 Å². The van der Waals surface area contributed by atoms with Gasteiger partial charge in [0.2, 0.25) is 15.9 Å². The number of rotatable bonds is 3. The highest BCUT2D eigenvalue weighted by atomic mass is 35.5. The quantitative estimate of drug-likeness (QED) is 0.401. The number of halogens is 2. The summed E-state index contributed by atoms with van der Waals surface area (Å²) in [5, 5.41) is -0.440. The highest BCUT2D eigenvalue weighted by Gasteiger charge is 2.52. The first-order valence-corrected chi connectivity index (χ1v) is 20.7. The molecule has 1 N–H and O–H groups in total. The number of sulfonamides is 1. The summed E-state index contributed by atoms with van der Waals surface area (Å²) in [4.78, 5) is 34.2. The van der Waals surface area contributed by atoms with Gasteiger partial charge in [-0.25, -0.2) is 17.5 Å². The topological polar surface area (TPSA) is 108 Å². The lowest BCUT2D eigenvalue weighted by Gasteiger charge is -2.47. The number of anilines is 1. The Morgan fingerprint density at radius 2 is 1.94 bits per heavy atom. The van der Waals surface area contributed by atoms with Crippen molar-refractivity contribution in [2.24, 2.45) is 5.92 Å². The molecule has 0 radical (unpaired) electrons. The molecule has 5 aliphatic rings. The summed E-state index contributed by atoms with van der Waals surface area (Å²) in [6.07, 6.45) is 7.96. The van der Waals surface area contributed by atoms with Gasteiger partial charge < -0.3 is 19.3 Å². The molecule has 5 aliphatic heterocycles. The summed E-state index contributed by atoms with van der Waals surface area (Å²) >= 11 is 6.93. The maximum Gasteiger partial charge on any atom is 0.264 e. The summed E-state index contributed by atoms with van der Waals surface area (Å²) < 4.78 is 59.1. The number of benzene rings is 2. The summed E-state index contributed by atoms with van der Waals surface area (Å²) in [5.41, 5.74) is 2.98. The first-order chi connectivity index (χ1) is 24.9. The fourth-order valence-electron chi connectivity index (χ4n) is 8.86. The summed E-state index contributed by atoms with van der Waals surface area (Å²) in [6.45, 7) is 5.86. The van der Waals surface area contributed by atoms with Crippen molar-refractivity contribution in [2.75, 3.05) is 44.7 Å². The minimum atomic E-state index is -4.14. The lowest BCUT2D eigenvalue weighted by molar-refractivity contribution is -0.139. The van der Waals surface area contributed by atoms with Crippen molar-refractivity contribution in [3.8, 4) is 5.75 Å². The number of nitrogens with one attached hydrogen (secondary N) is 1. The maximum absolute atomic E-state index is 17.3. The SMILES string of the molecule is C[C@@H]1[C@@H](C)C/C=C(\F)[C@H](C(=O)N(C)CC2CCCCO2)N2CCC[C@@]23CN2CCCCc4cc(Cl)cc3c4COc3ccc(cc32)C(=O)NS1(=O)=O. The van der Waals surface area contributed by atoms with Crippen molar-refractivity contribution in [1.82, 2.24) is 14.5 Å². The summed E-state index contributed by atoms with van der Waals surface area (Å²) in [6, 6.07) is 7.74. The fraction of sp³-hybridized carbons (Fsp3) is 0.590. The van der Waals surface area contributed by atoms with E-state index in [1.807, 2.05) is 17.0 Å². The molecule has 5 heterocycles. The third-order valence-corrected chi connectivity index (χ3v) is 14.1. The number of hydrogen-bond donors (Lipinski definition) is 1. The number of carbonyl (C=O) groups is 2. The Hall–Kier alpha value is -3.19. The van der Waals surface area contributed by atoms with Crippen molar-refractivity contribution in [3.05, 3.63) is 69.5 Å².